The van der Waals surface area contributed by atoms with Crippen molar-refractivity contribution < 1.29 is 104 Å². The molecule has 11 atom stereocenters. The second-order valence-electron chi connectivity index (χ2n) is 14.1. The van der Waals surface area contributed by atoms with Crippen LogP contribution in [0.5, 0.6) is 17.4 Å². The van der Waals surface area contributed by atoms with Gasteiger partial charge in [-0.1, -0.05) is 12.1 Å². The van der Waals surface area contributed by atoms with Crippen LogP contribution in [0.25, 0.3) is 0 Å². The van der Waals surface area contributed by atoms with Crippen molar-refractivity contribution in [1.29, 1.82) is 0 Å². The van der Waals surface area contributed by atoms with Gasteiger partial charge in [-0.25, -0.2) is 9.97 Å². The minimum atomic E-state index is -6.23. The number of aliphatic hydroxyl groups is 8. The van der Waals surface area contributed by atoms with E-state index in [0.717, 1.165) is 6.07 Å². The molecule has 25 heteroatoms. The number of alkyl halides is 8. The van der Waals surface area contributed by atoms with Crippen molar-refractivity contribution in [1.82, 2.24) is 9.97 Å². The van der Waals surface area contributed by atoms with Crippen molar-refractivity contribution in [2.24, 2.45) is 0 Å². The van der Waals surface area contributed by atoms with Crippen LogP contribution in [0, 0.1) is 0 Å². The Bertz CT molecular complexity index is 1870. The summed E-state index contributed by atoms with van der Waals surface area (Å²) >= 11 is -0.0890. The number of nitrogens with zero attached hydrogens (tertiary/aromatic N) is 2. The van der Waals surface area contributed by atoms with Crippen LogP contribution in [0.2, 0.25) is 0 Å². The van der Waals surface area contributed by atoms with Crippen molar-refractivity contribution in [3.05, 3.63) is 63.7 Å². The van der Waals surface area contributed by atoms with Gasteiger partial charge in [-0.3, -0.25) is 0 Å². The summed E-state index contributed by atoms with van der Waals surface area (Å²) < 4.78 is 141. The van der Waals surface area contributed by atoms with E-state index in [1.807, 2.05) is 0 Å². The molecule has 2 saturated heterocycles. The fraction of sp³-hybridized carbons (Fsp3) is 0.600. The first kappa shape index (κ1) is 45.9. The van der Waals surface area contributed by atoms with Gasteiger partial charge in [-0.05, 0) is 42.5 Å². The van der Waals surface area contributed by atoms with Crippen molar-refractivity contribution in [2.75, 3.05) is 13.2 Å². The standard InChI is InChI=1S/C35H38F8N2O14S/c36-32(37)57-17-5-2-14(8-18(17)54-15-3-4-15)16(21-10-45-31(60-21)33(53,34(38,39)40)35(41,42)43)7-13-1-6-22(44-9-13)58-29-27(52)25(50)28(20(12-47)56-29)59-30-26(51)24(49)23(48)19(11-46)55-30/h1-2,5-6,8-10,15-16,19-20,23-30,32,46-53H,3-4,7,11-12H2/t16-,19?,20?,23+,24?,25?,26-,27-,28+,29-,30-/m0/s1. The zero-order valence-corrected chi connectivity index (χ0v) is 31.3. The Kier molecular flexibility index (Phi) is 13.8. The minimum Gasteiger partial charge on any atom is -0.487 e. The van der Waals surface area contributed by atoms with Gasteiger partial charge in [0.15, 0.2) is 17.8 Å². The molecule has 4 unspecified atom stereocenters. The summed E-state index contributed by atoms with van der Waals surface area (Å²) in [6.45, 7) is -4.94. The molecule has 4 heterocycles. The molecule has 3 aliphatic rings. The molecule has 6 rings (SSSR count). The Morgan fingerprint density at radius 3 is 1.98 bits per heavy atom. The van der Waals surface area contributed by atoms with E-state index in [9.17, 15) is 76.0 Å². The Hall–Kier alpha value is -3.60. The van der Waals surface area contributed by atoms with Crippen LogP contribution < -0.4 is 14.2 Å². The maximum atomic E-state index is 13.8. The molecular formula is C35H38F8N2O14S. The van der Waals surface area contributed by atoms with Gasteiger partial charge in [0.05, 0.1) is 19.3 Å². The highest BCUT2D eigenvalue weighted by atomic mass is 32.1. The zero-order chi connectivity index (χ0) is 43.9. The normalized spacial score (nSPS) is 29.7. The van der Waals surface area contributed by atoms with E-state index in [1.165, 1.54) is 30.5 Å². The van der Waals surface area contributed by atoms with Crippen molar-refractivity contribution in [2.45, 2.75) is 117 Å². The van der Waals surface area contributed by atoms with E-state index in [4.69, 9.17) is 23.7 Å². The lowest BCUT2D eigenvalue weighted by Gasteiger charge is -2.45. The number of aromatic nitrogens is 2. The van der Waals surface area contributed by atoms with E-state index < -0.39 is 110 Å². The van der Waals surface area contributed by atoms with Crippen molar-refractivity contribution in [3.8, 4) is 17.4 Å². The topological polar surface area (TPSA) is 243 Å². The summed E-state index contributed by atoms with van der Waals surface area (Å²) in [6.07, 6.45) is -27.4. The molecule has 2 aromatic heterocycles. The van der Waals surface area contributed by atoms with Gasteiger partial charge in [0.1, 0.15) is 53.8 Å². The van der Waals surface area contributed by atoms with Crippen LogP contribution in [0.4, 0.5) is 35.1 Å². The molecule has 1 aliphatic carbocycles. The number of benzene rings is 1. The molecule has 3 fully saturated rings. The van der Waals surface area contributed by atoms with E-state index in [-0.39, 0.29) is 57.2 Å². The highest BCUT2D eigenvalue weighted by Crippen LogP contribution is 2.52. The number of pyridine rings is 1. The molecule has 0 spiro atoms. The van der Waals surface area contributed by atoms with Crippen LogP contribution >= 0.6 is 11.3 Å². The average Bonchev–Trinajstić information content (AvgIpc) is 3.88. The largest absolute Gasteiger partial charge is 0.487 e. The molecule has 3 aromatic rings. The van der Waals surface area contributed by atoms with Gasteiger partial charge in [-0.2, -0.15) is 35.1 Å². The fourth-order valence-electron chi connectivity index (χ4n) is 6.40. The second-order valence-corrected chi connectivity index (χ2v) is 15.1. The molecule has 8 N–H and O–H groups in total. The molecule has 2 aliphatic heterocycles. The molecule has 16 nitrogen and oxygen atoms in total. The highest BCUT2D eigenvalue weighted by Gasteiger charge is 2.73. The lowest BCUT2D eigenvalue weighted by Crippen LogP contribution is -2.65. The van der Waals surface area contributed by atoms with Crippen LogP contribution in [0.3, 0.4) is 0 Å². The summed E-state index contributed by atoms with van der Waals surface area (Å²) in [6, 6.07) is 6.14. The van der Waals surface area contributed by atoms with Crippen molar-refractivity contribution in [3.63, 3.8) is 0 Å². The summed E-state index contributed by atoms with van der Waals surface area (Å²) in [7, 11) is 0. The van der Waals surface area contributed by atoms with Crippen LogP contribution in [-0.2, 0) is 26.2 Å². The predicted octanol–water partition coefficient (Wildman–Crippen LogP) is 1.37. The first-order valence-corrected chi connectivity index (χ1v) is 18.8. The van der Waals surface area contributed by atoms with Crippen molar-refractivity contribution >= 4 is 11.3 Å². The average molecular weight is 895 g/mol. The predicted molar refractivity (Wildman–Crippen MR) is 182 cm³/mol. The molecule has 1 aromatic carbocycles. The van der Waals surface area contributed by atoms with Gasteiger partial charge < -0.3 is 69.3 Å². The third-order valence-electron chi connectivity index (χ3n) is 9.84. The number of thiazole rings is 1. The van der Waals surface area contributed by atoms with Gasteiger partial charge in [0.2, 0.25) is 12.2 Å². The number of ether oxygens (including phenoxy) is 6. The fourth-order valence-corrected chi connectivity index (χ4v) is 7.58. The maximum absolute atomic E-state index is 13.8. The quantitative estimate of drug-likeness (QED) is 0.101. The lowest BCUT2D eigenvalue weighted by atomic mass is 9.91. The Balaban J connectivity index is 1.23. The SMILES string of the molecule is OCC1O[C@@H](O[C@@H]2C(CO)O[C@@H](Oc3ccc(C[C@@H](c4ccc(OC(F)F)c(OC5CC5)c4)c4cnc(C(O)(C(F)(F)F)C(F)(F)F)s4)cn3)[C@@H](O)C2O)[C@@H](O)C(O)[C@@H]1O. The Morgan fingerprint density at radius 2 is 1.40 bits per heavy atom. The molecule has 0 amide bonds. The number of aliphatic hydroxyl groups excluding tert-OH is 7. The first-order chi connectivity index (χ1) is 28.2. The Labute approximate surface area is 337 Å². The third kappa shape index (κ3) is 9.56. The third-order valence-corrected chi connectivity index (χ3v) is 11.1. The summed E-state index contributed by atoms with van der Waals surface area (Å²) in [5.41, 5.74) is -4.93. The first-order valence-electron chi connectivity index (χ1n) is 17.9. The number of rotatable bonds is 15. The summed E-state index contributed by atoms with van der Waals surface area (Å²) in [4.78, 5) is 7.19. The zero-order valence-electron chi connectivity index (χ0n) is 30.4. The molecule has 60 heavy (non-hydrogen) atoms. The van der Waals surface area contributed by atoms with Gasteiger partial charge >= 0.3 is 24.6 Å². The number of hydrogen-bond donors (Lipinski definition) is 8. The van der Waals surface area contributed by atoms with Crippen LogP contribution in [0.1, 0.15) is 39.8 Å². The summed E-state index contributed by atoms with van der Waals surface area (Å²) in [5.74, 6) is -2.00. The molecule has 0 radical (unpaired) electrons. The van der Waals surface area contributed by atoms with Gasteiger partial charge in [-0.15, -0.1) is 11.3 Å². The van der Waals surface area contributed by atoms with Crippen LogP contribution in [-0.4, -0.2) is 151 Å². The Morgan fingerprint density at radius 1 is 0.750 bits per heavy atom. The highest BCUT2D eigenvalue weighted by molar-refractivity contribution is 7.11. The number of hydrogen-bond acceptors (Lipinski definition) is 17. The molecule has 1 saturated carbocycles. The molecular weight excluding hydrogens is 856 g/mol. The minimum absolute atomic E-state index is 0.0890. The van der Waals surface area contributed by atoms with E-state index in [0.29, 0.717) is 19.0 Å². The maximum Gasteiger partial charge on any atom is 0.433 e. The molecule has 0 bridgehead atoms. The van der Waals surface area contributed by atoms with Crippen LogP contribution in [0.15, 0.2) is 42.7 Å². The second kappa shape index (κ2) is 18.0. The number of halogens is 8. The van der Waals surface area contributed by atoms with Gasteiger partial charge in [0.25, 0.3) is 0 Å². The lowest BCUT2D eigenvalue weighted by molar-refractivity contribution is -0.376. The smallest absolute Gasteiger partial charge is 0.433 e. The van der Waals surface area contributed by atoms with Gasteiger partial charge in [0, 0.05) is 29.3 Å². The monoisotopic (exact) mass is 894 g/mol. The molecule has 334 valence electrons. The van der Waals surface area contributed by atoms with E-state index >= 15 is 0 Å². The summed E-state index contributed by atoms with van der Waals surface area (Å²) in [5, 5.41) is 80.0. The van der Waals surface area contributed by atoms with E-state index in [1.54, 1.807) is 0 Å². The van der Waals surface area contributed by atoms with E-state index in [2.05, 4.69) is 14.7 Å².